The highest BCUT2D eigenvalue weighted by Crippen LogP contribution is 2.44. The molecule has 0 spiro atoms. The Labute approximate surface area is 376 Å². The molecule has 0 atom stereocenters. The van der Waals surface area contributed by atoms with Gasteiger partial charge in [-0.25, -0.2) is 0 Å². The second kappa shape index (κ2) is 15.0. The van der Waals surface area contributed by atoms with Crippen molar-refractivity contribution < 1.29 is 4.42 Å². The maximum atomic E-state index is 6.26. The van der Waals surface area contributed by atoms with E-state index >= 15 is 0 Å². The summed E-state index contributed by atoms with van der Waals surface area (Å²) >= 11 is 0. The van der Waals surface area contributed by atoms with Crippen LogP contribution in [0.15, 0.2) is 247 Å². The number of hydrogen-bond donors (Lipinski definition) is 0. The quantitative estimate of drug-likeness (QED) is 0.149. The molecule has 304 valence electrons. The van der Waals surface area contributed by atoms with Crippen LogP contribution >= 0.6 is 0 Å². The Morgan fingerprint density at radius 3 is 1.42 bits per heavy atom. The summed E-state index contributed by atoms with van der Waals surface area (Å²) in [6.07, 6.45) is 0. The zero-order chi connectivity index (χ0) is 42.8. The summed E-state index contributed by atoms with van der Waals surface area (Å²) in [5.74, 6) is 0. The maximum Gasteiger partial charge on any atom is 0.136 e. The molecule has 0 bridgehead atoms. The van der Waals surface area contributed by atoms with Crippen molar-refractivity contribution in [2.75, 3.05) is 4.90 Å². The smallest absolute Gasteiger partial charge is 0.136 e. The van der Waals surface area contributed by atoms with Crippen LogP contribution in [-0.4, -0.2) is 4.57 Å². The molecule has 11 aromatic carbocycles. The molecule has 2 heterocycles. The fraction of sp³-hybridized carbons (Fsp3) is 0. The number of hydrogen-bond acceptors (Lipinski definition) is 2. The molecule has 13 rings (SSSR count). The van der Waals surface area contributed by atoms with Crippen LogP contribution in [-0.2, 0) is 0 Å². The maximum absolute atomic E-state index is 6.26. The summed E-state index contributed by atoms with van der Waals surface area (Å²) in [7, 11) is 0. The second-order valence-electron chi connectivity index (χ2n) is 16.9. The highest BCUT2D eigenvalue weighted by molar-refractivity contribution is 6.15. The molecule has 0 aliphatic rings. The molecule has 3 heteroatoms. The number of anilines is 3. The average molecular weight is 829 g/mol. The van der Waals surface area contributed by atoms with E-state index in [1.807, 2.05) is 12.1 Å². The first-order chi connectivity index (χ1) is 32.2. The van der Waals surface area contributed by atoms with Crippen LogP contribution in [0.1, 0.15) is 0 Å². The average Bonchev–Trinajstić information content (AvgIpc) is 3.93. The van der Waals surface area contributed by atoms with Crippen LogP contribution in [0.4, 0.5) is 17.1 Å². The highest BCUT2D eigenvalue weighted by atomic mass is 16.3. The Bertz CT molecular complexity index is 3860. The van der Waals surface area contributed by atoms with E-state index in [9.17, 15) is 0 Å². The van der Waals surface area contributed by atoms with E-state index < -0.39 is 0 Å². The van der Waals surface area contributed by atoms with Crippen molar-refractivity contribution in [1.82, 2.24) is 4.57 Å². The van der Waals surface area contributed by atoms with Crippen LogP contribution in [0.5, 0.6) is 0 Å². The fourth-order valence-corrected chi connectivity index (χ4v) is 10.1. The molecule has 2 aromatic heterocycles. The van der Waals surface area contributed by atoms with Crippen LogP contribution in [0.3, 0.4) is 0 Å². The van der Waals surface area contributed by atoms with E-state index in [4.69, 9.17) is 4.42 Å². The Kier molecular flexibility index (Phi) is 8.53. The lowest BCUT2D eigenvalue weighted by atomic mass is 9.97. The Hall–Kier alpha value is -8.66. The molecule has 0 aliphatic carbocycles. The van der Waals surface area contributed by atoms with Gasteiger partial charge in [-0.15, -0.1) is 0 Å². The molecule has 0 saturated heterocycles. The molecule has 0 amide bonds. The van der Waals surface area contributed by atoms with Gasteiger partial charge in [-0.05, 0) is 116 Å². The predicted octanol–water partition coefficient (Wildman–Crippen LogP) is 17.5. The van der Waals surface area contributed by atoms with E-state index in [-0.39, 0.29) is 0 Å². The van der Waals surface area contributed by atoms with Crippen molar-refractivity contribution in [2.24, 2.45) is 0 Å². The largest absolute Gasteiger partial charge is 0.456 e. The SMILES string of the molecule is c1ccc2c(c1)cc(N(c1ccc(-c3ccc(-c4ccc(-n5c6ccccc6c6ccccc65)cc4)cc3)cc1)c1ccc(-c3cccc4oc5ccccc5c34)cc1)c1ccccc12. The third-order valence-electron chi connectivity index (χ3n) is 13.2. The van der Waals surface area contributed by atoms with E-state index in [1.54, 1.807) is 0 Å². The summed E-state index contributed by atoms with van der Waals surface area (Å²) in [5.41, 5.74) is 15.7. The summed E-state index contributed by atoms with van der Waals surface area (Å²) in [4.78, 5) is 2.41. The van der Waals surface area contributed by atoms with Gasteiger partial charge in [-0.2, -0.15) is 0 Å². The molecule has 13 aromatic rings. The number of nitrogens with zero attached hydrogens (tertiary/aromatic N) is 2. The molecule has 0 fully saturated rings. The number of aromatic nitrogens is 1. The van der Waals surface area contributed by atoms with Gasteiger partial charge >= 0.3 is 0 Å². The monoisotopic (exact) mass is 828 g/mol. The van der Waals surface area contributed by atoms with E-state index in [0.29, 0.717) is 0 Å². The molecular formula is C62H40N2O. The standard InChI is InChI=1S/C62H40N2O/c1-2-13-50-46(12-1)40-59(53-15-4-3-14-52(50)53)63(48-38-32-45(33-39-48)51-19-11-23-61-62(51)56-18-7-10-22-60(56)65-61)47-34-28-43(29-35-47)41-24-26-42(27-25-41)44-30-36-49(37-31-44)64-57-20-8-5-16-54(57)55-17-6-9-21-58(55)64/h1-40H. The van der Waals surface area contributed by atoms with Crippen LogP contribution in [0, 0.1) is 0 Å². The third kappa shape index (κ3) is 6.12. The zero-order valence-corrected chi connectivity index (χ0v) is 35.4. The van der Waals surface area contributed by atoms with Gasteiger partial charge in [0.25, 0.3) is 0 Å². The molecule has 0 aliphatic heterocycles. The first kappa shape index (κ1) is 36.9. The van der Waals surface area contributed by atoms with Crippen molar-refractivity contribution in [3.8, 4) is 39.1 Å². The summed E-state index contributed by atoms with van der Waals surface area (Å²) in [6.45, 7) is 0. The van der Waals surface area contributed by atoms with E-state index in [1.165, 1.54) is 65.6 Å². The van der Waals surface area contributed by atoms with Crippen LogP contribution in [0.2, 0.25) is 0 Å². The molecular weight excluding hydrogens is 789 g/mol. The van der Waals surface area contributed by atoms with Gasteiger partial charge in [-0.3, -0.25) is 0 Å². The van der Waals surface area contributed by atoms with Gasteiger partial charge in [0.1, 0.15) is 11.2 Å². The summed E-state index contributed by atoms with van der Waals surface area (Å²) in [5, 5.41) is 9.71. The van der Waals surface area contributed by atoms with Gasteiger partial charge in [0.15, 0.2) is 0 Å². The lowest BCUT2D eigenvalue weighted by Crippen LogP contribution is -2.10. The number of para-hydroxylation sites is 3. The lowest BCUT2D eigenvalue weighted by Gasteiger charge is -2.28. The first-order valence-electron chi connectivity index (χ1n) is 22.2. The van der Waals surface area contributed by atoms with Gasteiger partial charge in [0.2, 0.25) is 0 Å². The minimum absolute atomic E-state index is 0.900. The number of furan rings is 1. The van der Waals surface area contributed by atoms with Crippen molar-refractivity contribution in [1.29, 1.82) is 0 Å². The fourth-order valence-electron chi connectivity index (χ4n) is 10.1. The van der Waals surface area contributed by atoms with Gasteiger partial charge in [0, 0.05) is 44.0 Å². The lowest BCUT2D eigenvalue weighted by molar-refractivity contribution is 0.669. The van der Waals surface area contributed by atoms with Crippen molar-refractivity contribution in [2.45, 2.75) is 0 Å². The minimum Gasteiger partial charge on any atom is -0.456 e. The molecule has 3 nitrogen and oxygen atoms in total. The Morgan fingerprint density at radius 1 is 0.323 bits per heavy atom. The predicted molar refractivity (Wildman–Crippen MR) is 274 cm³/mol. The van der Waals surface area contributed by atoms with Crippen molar-refractivity contribution >= 4 is 82.4 Å². The number of fused-ring (bicyclic) bond motifs is 9. The Morgan fingerprint density at radius 2 is 0.785 bits per heavy atom. The van der Waals surface area contributed by atoms with Gasteiger partial charge in [-0.1, -0.05) is 176 Å². The highest BCUT2D eigenvalue weighted by Gasteiger charge is 2.19. The first-order valence-corrected chi connectivity index (χ1v) is 22.2. The second-order valence-corrected chi connectivity index (χ2v) is 16.9. The normalized spacial score (nSPS) is 11.7. The molecule has 0 radical (unpaired) electrons. The van der Waals surface area contributed by atoms with Crippen LogP contribution in [0.25, 0.3) is 104 Å². The minimum atomic E-state index is 0.900. The third-order valence-corrected chi connectivity index (χ3v) is 13.2. The zero-order valence-electron chi connectivity index (χ0n) is 35.4. The molecule has 0 N–H and O–H groups in total. The molecule has 65 heavy (non-hydrogen) atoms. The topological polar surface area (TPSA) is 21.3 Å². The van der Waals surface area contributed by atoms with Crippen LogP contribution < -0.4 is 4.90 Å². The molecule has 0 unspecified atom stereocenters. The molecule has 0 saturated carbocycles. The van der Waals surface area contributed by atoms with Gasteiger partial charge < -0.3 is 13.9 Å². The van der Waals surface area contributed by atoms with E-state index in [0.717, 1.165) is 55.8 Å². The number of rotatable bonds is 7. The Balaban J connectivity index is 0.852. The van der Waals surface area contributed by atoms with Gasteiger partial charge in [0.05, 0.1) is 16.7 Å². The summed E-state index contributed by atoms with van der Waals surface area (Å²) < 4.78 is 8.63. The number of benzene rings is 11. The van der Waals surface area contributed by atoms with Crippen molar-refractivity contribution in [3.63, 3.8) is 0 Å². The summed E-state index contributed by atoms with van der Waals surface area (Å²) in [6, 6.07) is 87.7. The van der Waals surface area contributed by atoms with E-state index in [2.05, 4.69) is 240 Å². The van der Waals surface area contributed by atoms with Crippen molar-refractivity contribution in [3.05, 3.63) is 243 Å².